The van der Waals surface area contributed by atoms with Crippen LogP contribution < -0.4 is 5.32 Å². The van der Waals surface area contributed by atoms with Crippen LogP contribution in [0, 0.1) is 5.82 Å². The highest BCUT2D eigenvalue weighted by Crippen LogP contribution is 2.39. The molecule has 0 heterocycles. The summed E-state index contributed by atoms with van der Waals surface area (Å²) in [5, 5.41) is 3.53. The van der Waals surface area contributed by atoms with Crippen molar-refractivity contribution in [3.05, 3.63) is 34.1 Å². The first kappa shape index (κ1) is 14.9. The number of nitrogens with one attached hydrogen (secondary N) is 1. The quantitative estimate of drug-likeness (QED) is 0.859. The Labute approximate surface area is 122 Å². The van der Waals surface area contributed by atoms with Gasteiger partial charge >= 0.3 is 0 Å². The van der Waals surface area contributed by atoms with E-state index in [1.807, 2.05) is 6.07 Å². The van der Waals surface area contributed by atoms with Crippen LogP contribution in [0.2, 0.25) is 0 Å². The third-order valence-electron chi connectivity index (χ3n) is 4.13. The van der Waals surface area contributed by atoms with E-state index in [0.29, 0.717) is 0 Å². The molecule has 1 aliphatic rings. The van der Waals surface area contributed by atoms with Gasteiger partial charge in [-0.2, -0.15) is 0 Å². The molecule has 1 aromatic rings. The summed E-state index contributed by atoms with van der Waals surface area (Å²) in [5.41, 5.74) is 1.07. The van der Waals surface area contributed by atoms with Crippen LogP contribution in [-0.4, -0.2) is 25.3 Å². The second kappa shape index (κ2) is 6.33. The first-order chi connectivity index (χ1) is 9.11. The zero-order chi connectivity index (χ0) is 13.9. The molecule has 19 heavy (non-hydrogen) atoms. The molecular formula is C15H21BrFNO. The molecule has 106 valence electrons. The molecule has 1 unspecified atom stereocenters. The van der Waals surface area contributed by atoms with Crippen molar-refractivity contribution in [2.45, 2.75) is 44.2 Å². The molecule has 0 radical (unpaired) electrons. The molecule has 1 N–H and O–H groups in total. The number of ether oxygens (including phenoxy) is 1. The highest BCUT2D eigenvalue weighted by Gasteiger charge is 2.44. The van der Waals surface area contributed by atoms with Gasteiger partial charge in [0.2, 0.25) is 0 Å². The summed E-state index contributed by atoms with van der Waals surface area (Å²) in [6.07, 6.45) is 4.27. The van der Waals surface area contributed by atoms with E-state index >= 15 is 0 Å². The molecule has 0 saturated heterocycles. The summed E-state index contributed by atoms with van der Waals surface area (Å²) < 4.78 is 19.7. The summed E-state index contributed by atoms with van der Waals surface area (Å²) in [6.45, 7) is 3.02. The van der Waals surface area contributed by atoms with Crippen LogP contribution >= 0.6 is 15.9 Å². The van der Waals surface area contributed by atoms with Crippen molar-refractivity contribution in [3.8, 4) is 0 Å². The number of hydrogen-bond donors (Lipinski definition) is 1. The van der Waals surface area contributed by atoms with Crippen LogP contribution in [-0.2, 0) is 11.2 Å². The lowest BCUT2D eigenvalue weighted by atomic mass is 9.72. The maximum absolute atomic E-state index is 13.1. The Kier molecular flexibility index (Phi) is 4.98. The van der Waals surface area contributed by atoms with Gasteiger partial charge in [0.1, 0.15) is 5.82 Å². The standard InChI is InChI=1S/C15H21BrFNO/c1-3-18-14(15(19-2)7-4-8-15)9-11-5-6-12(17)10-13(11)16/h5-6,10,14,18H,3-4,7-9H2,1-2H3. The molecule has 0 aliphatic heterocycles. The van der Waals surface area contributed by atoms with Gasteiger partial charge in [-0.1, -0.05) is 28.9 Å². The zero-order valence-electron chi connectivity index (χ0n) is 11.5. The molecular weight excluding hydrogens is 309 g/mol. The van der Waals surface area contributed by atoms with Gasteiger partial charge in [0, 0.05) is 17.6 Å². The molecule has 2 nitrogen and oxygen atoms in total. The van der Waals surface area contributed by atoms with E-state index in [4.69, 9.17) is 4.74 Å². The fourth-order valence-corrected chi connectivity index (χ4v) is 3.33. The van der Waals surface area contributed by atoms with Gasteiger partial charge < -0.3 is 10.1 Å². The Morgan fingerprint density at radius 2 is 2.21 bits per heavy atom. The summed E-state index contributed by atoms with van der Waals surface area (Å²) in [6, 6.07) is 5.17. The SMILES string of the molecule is CCNC(Cc1ccc(F)cc1Br)C1(OC)CCC1. The first-order valence-corrected chi connectivity index (χ1v) is 7.63. The van der Waals surface area contributed by atoms with Gasteiger partial charge in [-0.3, -0.25) is 0 Å². The van der Waals surface area contributed by atoms with Crippen LogP contribution in [0.15, 0.2) is 22.7 Å². The predicted octanol–water partition coefficient (Wildman–Crippen LogP) is 3.68. The molecule has 1 fully saturated rings. The number of halogens is 2. The fourth-order valence-electron chi connectivity index (χ4n) is 2.82. The van der Waals surface area contributed by atoms with Crippen molar-refractivity contribution in [1.82, 2.24) is 5.32 Å². The maximum Gasteiger partial charge on any atom is 0.124 e. The molecule has 1 aliphatic carbocycles. The van der Waals surface area contributed by atoms with Crippen LogP contribution in [0.4, 0.5) is 4.39 Å². The highest BCUT2D eigenvalue weighted by atomic mass is 79.9. The third kappa shape index (κ3) is 3.18. The van der Waals surface area contributed by atoms with Gasteiger partial charge in [-0.25, -0.2) is 4.39 Å². The van der Waals surface area contributed by atoms with E-state index in [2.05, 4.69) is 28.2 Å². The first-order valence-electron chi connectivity index (χ1n) is 6.84. The van der Waals surface area contributed by atoms with Crippen molar-refractivity contribution in [1.29, 1.82) is 0 Å². The molecule has 0 amide bonds. The Balaban J connectivity index is 2.16. The predicted molar refractivity (Wildman–Crippen MR) is 78.9 cm³/mol. The second-order valence-electron chi connectivity index (χ2n) is 5.17. The summed E-state index contributed by atoms with van der Waals surface area (Å²) in [5.74, 6) is -0.208. The average molecular weight is 330 g/mol. The Morgan fingerprint density at radius 3 is 2.68 bits per heavy atom. The van der Waals surface area contributed by atoms with Gasteiger partial charge in [0.15, 0.2) is 0 Å². The lowest BCUT2D eigenvalue weighted by molar-refractivity contribution is -0.0978. The summed E-state index contributed by atoms with van der Waals surface area (Å²) >= 11 is 3.45. The number of benzene rings is 1. The lowest BCUT2D eigenvalue weighted by Gasteiger charge is -2.47. The van der Waals surface area contributed by atoms with Crippen molar-refractivity contribution in [2.24, 2.45) is 0 Å². The van der Waals surface area contributed by atoms with Crippen molar-refractivity contribution >= 4 is 15.9 Å². The lowest BCUT2D eigenvalue weighted by Crippen LogP contribution is -2.57. The number of rotatable bonds is 6. The molecule has 1 aromatic carbocycles. The minimum atomic E-state index is -0.208. The molecule has 2 rings (SSSR count). The zero-order valence-corrected chi connectivity index (χ0v) is 13.1. The fraction of sp³-hybridized carbons (Fsp3) is 0.600. The summed E-state index contributed by atoms with van der Waals surface area (Å²) in [4.78, 5) is 0. The van der Waals surface area contributed by atoms with Crippen molar-refractivity contribution in [3.63, 3.8) is 0 Å². The monoisotopic (exact) mass is 329 g/mol. The average Bonchev–Trinajstić information content (AvgIpc) is 2.32. The Morgan fingerprint density at radius 1 is 1.47 bits per heavy atom. The van der Waals surface area contributed by atoms with E-state index in [1.165, 1.54) is 18.6 Å². The van der Waals surface area contributed by atoms with E-state index in [9.17, 15) is 4.39 Å². The molecule has 0 spiro atoms. The normalized spacial score (nSPS) is 18.9. The smallest absolute Gasteiger partial charge is 0.124 e. The second-order valence-corrected chi connectivity index (χ2v) is 6.03. The van der Waals surface area contributed by atoms with Gasteiger partial charge in [-0.05, 0) is 49.9 Å². The molecule has 4 heteroatoms. The van der Waals surface area contributed by atoms with Crippen LogP contribution in [0.5, 0.6) is 0 Å². The van der Waals surface area contributed by atoms with Crippen LogP contribution in [0.25, 0.3) is 0 Å². The minimum Gasteiger partial charge on any atom is -0.377 e. The maximum atomic E-state index is 13.1. The molecule has 0 aromatic heterocycles. The van der Waals surface area contributed by atoms with E-state index in [-0.39, 0.29) is 17.5 Å². The number of methoxy groups -OCH3 is 1. The number of hydrogen-bond acceptors (Lipinski definition) is 2. The molecule has 0 bridgehead atoms. The molecule has 1 saturated carbocycles. The Hall–Kier alpha value is -0.450. The largest absolute Gasteiger partial charge is 0.377 e. The van der Waals surface area contributed by atoms with Gasteiger partial charge in [0.25, 0.3) is 0 Å². The van der Waals surface area contributed by atoms with E-state index in [0.717, 1.165) is 35.8 Å². The Bertz CT molecular complexity index is 429. The van der Waals surface area contributed by atoms with Gasteiger partial charge in [-0.15, -0.1) is 0 Å². The summed E-state index contributed by atoms with van der Waals surface area (Å²) in [7, 11) is 1.79. The number of likely N-dealkylation sites (N-methyl/N-ethyl adjacent to an activating group) is 1. The van der Waals surface area contributed by atoms with Crippen LogP contribution in [0.1, 0.15) is 31.7 Å². The topological polar surface area (TPSA) is 21.3 Å². The third-order valence-corrected chi connectivity index (χ3v) is 4.87. The van der Waals surface area contributed by atoms with E-state index in [1.54, 1.807) is 7.11 Å². The molecule has 1 atom stereocenters. The van der Waals surface area contributed by atoms with Gasteiger partial charge in [0.05, 0.1) is 5.60 Å². The highest BCUT2D eigenvalue weighted by molar-refractivity contribution is 9.10. The minimum absolute atomic E-state index is 0.0517. The van der Waals surface area contributed by atoms with E-state index < -0.39 is 0 Å². The van der Waals surface area contributed by atoms with Crippen molar-refractivity contribution in [2.75, 3.05) is 13.7 Å². The van der Waals surface area contributed by atoms with Crippen LogP contribution in [0.3, 0.4) is 0 Å². The van der Waals surface area contributed by atoms with Crippen molar-refractivity contribution < 1.29 is 9.13 Å².